The molecule has 0 unspecified atom stereocenters. The van der Waals surface area contributed by atoms with Crippen molar-refractivity contribution in [3.05, 3.63) is 69.7 Å². The molecule has 2 aromatic rings. The van der Waals surface area contributed by atoms with Crippen molar-refractivity contribution in [3.63, 3.8) is 0 Å². The average Bonchev–Trinajstić information content (AvgIpc) is 2.42. The molecule has 1 N–H and O–H groups in total. The first kappa shape index (κ1) is 13.8. The highest BCUT2D eigenvalue weighted by atomic mass is 79.9. The lowest BCUT2D eigenvalue weighted by Crippen LogP contribution is -2.07. The minimum Gasteiger partial charge on any atom is -0.322 e. The topological polar surface area (TPSA) is 29.1 Å². The van der Waals surface area contributed by atoms with Crippen LogP contribution in [0.4, 0.5) is 5.69 Å². The van der Waals surface area contributed by atoms with Crippen LogP contribution in [0.3, 0.4) is 0 Å². The first-order valence-electron chi connectivity index (χ1n) is 5.64. The van der Waals surface area contributed by atoms with Crippen molar-refractivity contribution in [3.8, 4) is 0 Å². The van der Waals surface area contributed by atoms with Gasteiger partial charge >= 0.3 is 0 Å². The molecule has 0 aliphatic rings. The average molecular weight is 337 g/mol. The van der Waals surface area contributed by atoms with Gasteiger partial charge in [-0.05, 0) is 45.8 Å². The quantitative estimate of drug-likeness (QED) is 0.805. The molecule has 0 heterocycles. The largest absolute Gasteiger partial charge is 0.322 e. The standard InChI is InChI=1S/C15H11BrClNO/c16-13-8-7-12(10-14(13)17)18-15(19)9-6-11-4-2-1-3-5-11/h1-10H,(H,18,19)/b9-6-. The van der Waals surface area contributed by atoms with E-state index in [1.54, 1.807) is 24.3 Å². The van der Waals surface area contributed by atoms with E-state index in [0.717, 1.165) is 10.0 Å². The molecular formula is C15H11BrClNO. The Morgan fingerprint density at radius 2 is 1.89 bits per heavy atom. The van der Waals surface area contributed by atoms with E-state index >= 15 is 0 Å². The Morgan fingerprint density at radius 3 is 2.58 bits per heavy atom. The summed E-state index contributed by atoms with van der Waals surface area (Å²) in [7, 11) is 0. The van der Waals surface area contributed by atoms with Gasteiger partial charge in [-0.25, -0.2) is 0 Å². The fourth-order valence-corrected chi connectivity index (χ4v) is 1.92. The maximum Gasteiger partial charge on any atom is 0.248 e. The van der Waals surface area contributed by atoms with Gasteiger partial charge in [0.05, 0.1) is 5.02 Å². The Kier molecular flexibility index (Phi) is 4.77. The fourth-order valence-electron chi connectivity index (χ4n) is 1.49. The van der Waals surface area contributed by atoms with Crippen molar-refractivity contribution in [2.45, 2.75) is 0 Å². The summed E-state index contributed by atoms with van der Waals surface area (Å²) >= 11 is 9.25. The molecule has 0 fully saturated rings. The summed E-state index contributed by atoms with van der Waals surface area (Å²) in [5, 5.41) is 3.31. The summed E-state index contributed by atoms with van der Waals surface area (Å²) in [5.74, 6) is -0.192. The van der Waals surface area contributed by atoms with E-state index < -0.39 is 0 Å². The number of anilines is 1. The van der Waals surface area contributed by atoms with Crippen LogP contribution in [0.2, 0.25) is 5.02 Å². The van der Waals surface area contributed by atoms with Crippen LogP contribution in [0, 0.1) is 0 Å². The first-order valence-corrected chi connectivity index (χ1v) is 6.81. The molecule has 0 radical (unpaired) electrons. The Bertz CT molecular complexity index is 611. The molecule has 2 nitrogen and oxygen atoms in total. The number of benzene rings is 2. The second-order valence-corrected chi connectivity index (χ2v) is 5.12. The smallest absolute Gasteiger partial charge is 0.248 e. The number of hydrogen-bond acceptors (Lipinski definition) is 1. The molecule has 4 heteroatoms. The van der Waals surface area contributed by atoms with Gasteiger partial charge in [-0.2, -0.15) is 0 Å². The number of amides is 1. The molecule has 0 aliphatic carbocycles. The van der Waals surface area contributed by atoms with Gasteiger partial charge in [0.1, 0.15) is 0 Å². The summed E-state index contributed by atoms with van der Waals surface area (Å²) in [6.45, 7) is 0. The Balaban J connectivity index is 2.01. The minimum absolute atomic E-state index is 0.192. The lowest BCUT2D eigenvalue weighted by atomic mass is 10.2. The van der Waals surface area contributed by atoms with Gasteiger partial charge in [-0.3, -0.25) is 4.79 Å². The van der Waals surface area contributed by atoms with E-state index in [1.807, 2.05) is 30.3 Å². The van der Waals surface area contributed by atoms with Crippen LogP contribution < -0.4 is 5.32 Å². The Labute approximate surface area is 125 Å². The van der Waals surface area contributed by atoms with Gasteiger partial charge < -0.3 is 5.32 Å². The van der Waals surface area contributed by atoms with Crippen molar-refractivity contribution in [2.75, 3.05) is 5.32 Å². The van der Waals surface area contributed by atoms with E-state index in [-0.39, 0.29) is 5.91 Å². The highest BCUT2D eigenvalue weighted by Gasteiger charge is 2.01. The lowest BCUT2D eigenvalue weighted by molar-refractivity contribution is -0.111. The zero-order valence-corrected chi connectivity index (χ0v) is 12.3. The zero-order valence-electron chi connectivity index (χ0n) is 9.94. The van der Waals surface area contributed by atoms with Crippen molar-refractivity contribution in [2.24, 2.45) is 0 Å². The molecule has 0 aromatic heterocycles. The third kappa shape index (κ3) is 4.23. The number of halogens is 2. The van der Waals surface area contributed by atoms with Crippen LogP contribution in [-0.4, -0.2) is 5.91 Å². The Hall–Kier alpha value is -1.58. The fraction of sp³-hybridized carbons (Fsp3) is 0. The van der Waals surface area contributed by atoms with Crippen LogP contribution in [-0.2, 0) is 4.79 Å². The number of nitrogens with one attached hydrogen (secondary N) is 1. The number of carbonyl (C=O) groups excluding carboxylic acids is 1. The van der Waals surface area contributed by atoms with Gasteiger partial charge in [0, 0.05) is 16.2 Å². The van der Waals surface area contributed by atoms with Gasteiger partial charge in [-0.1, -0.05) is 41.9 Å². The summed E-state index contributed by atoms with van der Waals surface area (Å²) in [6.07, 6.45) is 3.25. The molecule has 0 saturated carbocycles. The predicted octanol–water partition coefficient (Wildman–Crippen LogP) is 4.75. The van der Waals surface area contributed by atoms with Crippen LogP contribution in [0.5, 0.6) is 0 Å². The summed E-state index contributed by atoms with van der Waals surface area (Å²) < 4.78 is 0.798. The molecule has 2 rings (SSSR count). The normalized spacial score (nSPS) is 10.6. The van der Waals surface area contributed by atoms with E-state index in [1.165, 1.54) is 6.08 Å². The molecule has 96 valence electrons. The molecule has 0 aliphatic heterocycles. The van der Waals surface area contributed by atoms with Gasteiger partial charge in [0.25, 0.3) is 0 Å². The SMILES string of the molecule is O=C(/C=C\c1ccccc1)Nc1ccc(Br)c(Cl)c1. The van der Waals surface area contributed by atoms with E-state index in [0.29, 0.717) is 10.7 Å². The maximum absolute atomic E-state index is 11.7. The third-order valence-electron chi connectivity index (χ3n) is 2.41. The molecule has 0 atom stereocenters. The van der Waals surface area contributed by atoms with Crippen molar-refractivity contribution in [1.29, 1.82) is 0 Å². The van der Waals surface area contributed by atoms with Gasteiger partial charge in [-0.15, -0.1) is 0 Å². The number of rotatable bonds is 3. The van der Waals surface area contributed by atoms with E-state index in [2.05, 4.69) is 21.2 Å². The van der Waals surface area contributed by atoms with Crippen LogP contribution in [0.25, 0.3) is 6.08 Å². The maximum atomic E-state index is 11.7. The molecule has 19 heavy (non-hydrogen) atoms. The van der Waals surface area contributed by atoms with Crippen molar-refractivity contribution < 1.29 is 4.79 Å². The summed E-state index contributed by atoms with van der Waals surface area (Å²) in [5.41, 5.74) is 1.64. The number of carbonyl (C=O) groups is 1. The van der Waals surface area contributed by atoms with Crippen molar-refractivity contribution in [1.82, 2.24) is 0 Å². The molecule has 0 bridgehead atoms. The second-order valence-electron chi connectivity index (χ2n) is 3.86. The molecule has 2 aromatic carbocycles. The Morgan fingerprint density at radius 1 is 1.16 bits per heavy atom. The zero-order chi connectivity index (χ0) is 13.7. The van der Waals surface area contributed by atoms with Crippen molar-refractivity contribution >= 4 is 45.2 Å². The van der Waals surface area contributed by atoms with Crippen LogP contribution in [0.1, 0.15) is 5.56 Å². The summed E-state index contributed by atoms with van der Waals surface area (Å²) in [6, 6.07) is 14.9. The molecule has 0 saturated heterocycles. The highest BCUT2D eigenvalue weighted by Crippen LogP contribution is 2.25. The molecular weight excluding hydrogens is 326 g/mol. The van der Waals surface area contributed by atoms with Gasteiger partial charge in [0.15, 0.2) is 0 Å². The minimum atomic E-state index is -0.192. The number of hydrogen-bond donors (Lipinski definition) is 1. The second kappa shape index (κ2) is 6.55. The highest BCUT2D eigenvalue weighted by molar-refractivity contribution is 9.10. The molecule has 0 spiro atoms. The molecule has 1 amide bonds. The third-order valence-corrected chi connectivity index (χ3v) is 3.65. The van der Waals surface area contributed by atoms with Crippen LogP contribution >= 0.6 is 27.5 Å². The summed E-state index contributed by atoms with van der Waals surface area (Å²) in [4.78, 5) is 11.7. The monoisotopic (exact) mass is 335 g/mol. The predicted molar refractivity (Wildman–Crippen MR) is 83.3 cm³/mol. The lowest BCUT2D eigenvalue weighted by Gasteiger charge is -2.03. The van der Waals surface area contributed by atoms with Gasteiger partial charge in [0.2, 0.25) is 5.91 Å². The first-order chi connectivity index (χ1) is 9.15. The van der Waals surface area contributed by atoms with Crippen LogP contribution in [0.15, 0.2) is 59.1 Å². The van der Waals surface area contributed by atoms with E-state index in [4.69, 9.17) is 11.6 Å². The van der Waals surface area contributed by atoms with E-state index in [9.17, 15) is 4.79 Å².